The summed E-state index contributed by atoms with van der Waals surface area (Å²) < 4.78 is 45.4. The molecule has 0 spiro atoms. The van der Waals surface area contributed by atoms with Crippen molar-refractivity contribution in [2.24, 2.45) is 0 Å². The van der Waals surface area contributed by atoms with Crippen molar-refractivity contribution in [1.82, 2.24) is 19.8 Å². The van der Waals surface area contributed by atoms with E-state index in [4.69, 9.17) is 25.8 Å². The summed E-state index contributed by atoms with van der Waals surface area (Å²) in [6.07, 6.45) is 7.45. The smallest absolute Gasteiger partial charge is 0.232 e. The Balaban J connectivity index is 1.30. The maximum atomic E-state index is 12.8. The lowest BCUT2D eigenvalue weighted by atomic mass is 10.0. The first kappa shape index (κ1) is 36.1. The Hall–Kier alpha value is -3.72. The van der Waals surface area contributed by atoms with E-state index < -0.39 is 10.0 Å². The molecule has 0 radical (unpaired) electrons. The lowest BCUT2D eigenvalue weighted by Gasteiger charge is -2.42. The van der Waals surface area contributed by atoms with Gasteiger partial charge in [0.1, 0.15) is 22.3 Å². The molecule has 5 heterocycles. The number of fused-ring (bicyclic) bond motifs is 8. The van der Waals surface area contributed by atoms with E-state index >= 15 is 0 Å². The standard InChI is InChI=1S/C35H49ClN8O5S/c1-5-44(50(4,45)46)30-21-26-9-10-28(30)38-34-27(36)24-37-35(40-34)39-29-22-33(49-20-8-6-7-19-48-26)31(23-32(29)47-3)43-13-11-25(12-14-43)42-17-15-41(2)16-18-42/h9-10,21-25H,5-8,11-20H2,1-4H3,(H2,37,38,39,40). The van der Waals surface area contributed by atoms with Crippen LogP contribution in [0.3, 0.4) is 0 Å². The molecule has 50 heavy (non-hydrogen) atoms. The molecule has 7 rings (SSSR count). The molecule has 2 fully saturated rings. The second-order valence-electron chi connectivity index (χ2n) is 13.1. The number of piperidine rings is 1. The van der Waals surface area contributed by atoms with Crippen molar-refractivity contribution in [3.8, 4) is 17.2 Å². The fraction of sp³-hybridized carbons (Fsp3) is 0.543. The molecular formula is C35H49ClN8O5S. The molecule has 13 nitrogen and oxygen atoms in total. The van der Waals surface area contributed by atoms with Gasteiger partial charge in [0.05, 0.1) is 55.5 Å². The number of nitrogens with zero attached hydrogens (tertiary/aromatic N) is 6. The third kappa shape index (κ3) is 8.59. The quantitative estimate of drug-likeness (QED) is 0.330. The second-order valence-corrected chi connectivity index (χ2v) is 15.4. The van der Waals surface area contributed by atoms with Crippen LogP contribution in [0.25, 0.3) is 0 Å². The maximum absolute atomic E-state index is 12.8. The fourth-order valence-electron chi connectivity index (χ4n) is 6.85. The molecule has 0 aliphatic carbocycles. The van der Waals surface area contributed by atoms with E-state index in [0.29, 0.717) is 53.6 Å². The normalized spacial score (nSPS) is 18.5. The number of aromatic nitrogens is 2. The van der Waals surface area contributed by atoms with Crippen LogP contribution in [-0.2, 0) is 10.0 Å². The van der Waals surface area contributed by atoms with Crippen molar-refractivity contribution in [3.05, 3.63) is 41.6 Å². The predicted molar refractivity (Wildman–Crippen MR) is 200 cm³/mol. The highest BCUT2D eigenvalue weighted by atomic mass is 35.5. The van der Waals surface area contributed by atoms with E-state index in [1.54, 1.807) is 32.2 Å². The van der Waals surface area contributed by atoms with Crippen molar-refractivity contribution in [2.75, 3.05) is 99.3 Å². The minimum absolute atomic E-state index is 0.230. The molecule has 2 aromatic carbocycles. The molecule has 2 N–H and O–H groups in total. The first-order valence-corrected chi connectivity index (χ1v) is 19.7. The average Bonchev–Trinajstić information content (AvgIpc) is 3.10. The van der Waals surface area contributed by atoms with Gasteiger partial charge in [-0.25, -0.2) is 13.4 Å². The molecule has 2 saturated heterocycles. The van der Waals surface area contributed by atoms with Crippen LogP contribution in [0.2, 0.25) is 5.02 Å². The summed E-state index contributed by atoms with van der Waals surface area (Å²) in [7, 11) is 0.258. The first-order valence-electron chi connectivity index (χ1n) is 17.5. The minimum atomic E-state index is -3.59. The Labute approximate surface area is 300 Å². The maximum Gasteiger partial charge on any atom is 0.232 e. The Kier molecular flexibility index (Phi) is 11.6. The average molecular weight is 729 g/mol. The highest BCUT2D eigenvalue weighted by molar-refractivity contribution is 7.92. The van der Waals surface area contributed by atoms with Gasteiger partial charge in [-0.05, 0) is 58.2 Å². The molecule has 1 aromatic heterocycles. The predicted octanol–water partition coefficient (Wildman–Crippen LogP) is 5.57. The van der Waals surface area contributed by atoms with E-state index in [0.717, 1.165) is 82.8 Å². The number of halogens is 1. The number of piperazine rings is 1. The summed E-state index contributed by atoms with van der Waals surface area (Å²) >= 11 is 6.58. The van der Waals surface area contributed by atoms with Crippen LogP contribution in [0, 0.1) is 0 Å². The number of sulfonamides is 1. The van der Waals surface area contributed by atoms with Crippen molar-refractivity contribution < 1.29 is 22.6 Å². The monoisotopic (exact) mass is 728 g/mol. The molecule has 0 atom stereocenters. The Bertz CT molecular complexity index is 1730. The number of methoxy groups -OCH3 is 1. The van der Waals surface area contributed by atoms with Gasteiger partial charge in [0.15, 0.2) is 5.82 Å². The zero-order valence-corrected chi connectivity index (χ0v) is 31.0. The van der Waals surface area contributed by atoms with Gasteiger partial charge in [0.25, 0.3) is 0 Å². The van der Waals surface area contributed by atoms with Crippen LogP contribution in [0.4, 0.5) is 34.5 Å². The molecule has 15 heteroatoms. The summed E-state index contributed by atoms with van der Waals surface area (Å²) in [5.41, 5.74) is 2.59. The van der Waals surface area contributed by atoms with Crippen LogP contribution in [-0.4, -0.2) is 114 Å². The summed E-state index contributed by atoms with van der Waals surface area (Å²) in [4.78, 5) is 16.6. The van der Waals surface area contributed by atoms with Crippen LogP contribution >= 0.6 is 11.6 Å². The van der Waals surface area contributed by atoms with E-state index in [1.165, 1.54) is 16.8 Å². The first-order chi connectivity index (χ1) is 24.1. The minimum Gasteiger partial charge on any atom is -0.494 e. The zero-order valence-electron chi connectivity index (χ0n) is 29.5. The van der Waals surface area contributed by atoms with Crippen molar-refractivity contribution in [2.45, 2.75) is 45.1 Å². The molecular weight excluding hydrogens is 680 g/mol. The van der Waals surface area contributed by atoms with E-state index in [1.807, 2.05) is 12.1 Å². The van der Waals surface area contributed by atoms with Gasteiger partial charge >= 0.3 is 0 Å². The Morgan fingerprint density at radius 3 is 2.42 bits per heavy atom. The number of ether oxygens (including phenoxy) is 3. The van der Waals surface area contributed by atoms with Gasteiger partial charge in [-0.2, -0.15) is 4.98 Å². The van der Waals surface area contributed by atoms with Crippen LogP contribution in [0.1, 0.15) is 39.0 Å². The van der Waals surface area contributed by atoms with Crippen LogP contribution in [0.15, 0.2) is 36.5 Å². The lowest BCUT2D eigenvalue weighted by Crippen LogP contribution is -2.52. The Morgan fingerprint density at radius 1 is 0.980 bits per heavy atom. The van der Waals surface area contributed by atoms with Gasteiger partial charge < -0.3 is 34.6 Å². The summed E-state index contributed by atoms with van der Waals surface area (Å²) in [6, 6.07) is 9.90. The molecule has 3 aromatic rings. The number of hydrogen-bond acceptors (Lipinski definition) is 12. The molecule has 272 valence electrons. The largest absolute Gasteiger partial charge is 0.494 e. The van der Waals surface area contributed by atoms with E-state index in [9.17, 15) is 8.42 Å². The van der Waals surface area contributed by atoms with E-state index in [2.05, 4.69) is 42.3 Å². The molecule has 4 aliphatic rings. The third-order valence-electron chi connectivity index (χ3n) is 9.62. The second kappa shape index (κ2) is 16.1. The summed E-state index contributed by atoms with van der Waals surface area (Å²) in [5.74, 6) is 2.56. The molecule has 0 unspecified atom stereocenters. The van der Waals surface area contributed by atoms with Crippen molar-refractivity contribution >= 4 is 56.1 Å². The Morgan fingerprint density at radius 2 is 1.72 bits per heavy atom. The third-order valence-corrected chi connectivity index (χ3v) is 11.2. The van der Waals surface area contributed by atoms with Crippen molar-refractivity contribution in [3.63, 3.8) is 0 Å². The lowest BCUT2D eigenvalue weighted by molar-refractivity contribution is 0.0981. The number of benzene rings is 2. The number of hydrogen-bond donors (Lipinski definition) is 2. The number of anilines is 6. The van der Waals surface area contributed by atoms with Crippen LogP contribution in [0.5, 0.6) is 17.2 Å². The molecule has 0 saturated carbocycles. The van der Waals surface area contributed by atoms with Gasteiger partial charge in [-0.3, -0.25) is 9.21 Å². The molecule has 0 amide bonds. The van der Waals surface area contributed by atoms with Gasteiger partial charge in [0, 0.05) is 70.1 Å². The number of rotatable bonds is 6. The summed E-state index contributed by atoms with van der Waals surface area (Å²) in [5, 5.41) is 6.82. The number of nitrogens with one attached hydrogen (secondary N) is 2. The van der Waals surface area contributed by atoms with E-state index in [-0.39, 0.29) is 17.5 Å². The van der Waals surface area contributed by atoms with Crippen molar-refractivity contribution in [1.29, 1.82) is 0 Å². The SMILES string of the molecule is CCN(c1cc2ccc1Nc1nc(ncc1Cl)Nc1cc(c(N3CCC(N4CCN(C)CC4)CC3)cc1OC)OCCCCCO2)S(C)(=O)=O. The van der Waals surface area contributed by atoms with Gasteiger partial charge in [-0.1, -0.05) is 11.6 Å². The summed E-state index contributed by atoms with van der Waals surface area (Å²) in [6.45, 7) is 9.42. The highest BCUT2D eigenvalue weighted by Crippen LogP contribution is 2.42. The zero-order chi connectivity index (χ0) is 35.3. The fourth-order valence-corrected chi connectivity index (χ4v) is 7.97. The van der Waals surface area contributed by atoms with Gasteiger partial charge in [-0.15, -0.1) is 0 Å². The van der Waals surface area contributed by atoms with Gasteiger partial charge in [0.2, 0.25) is 16.0 Å². The molecule has 6 bridgehead atoms. The number of likely N-dealkylation sites (N-methyl/N-ethyl adjacent to an activating group) is 1. The highest BCUT2D eigenvalue weighted by Gasteiger charge is 2.29. The molecule has 4 aliphatic heterocycles. The topological polar surface area (TPSA) is 125 Å². The van der Waals surface area contributed by atoms with Crippen LogP contribution < -0.4 is 34.0 Å².